The van der Waals surface area contributed by atoms with Crippen LogP contribution in [0, 0.1) is 0 Å². The maximum Gasteiger partial charge on any atom is 0.290 e. The number of carbonyl (C=O) groups is 1. The minimum absolute atomic E-state index is 0.134. The van der Waals surface area contributed by atoms with E-state index in [1.807, 2.05) is 20.8 Å². The SMILES string of the molecule is CC(C)(C)c1nc(C(=O)NCCCCN)n[nH]1. The number of aromatic amines is 1. The number of hydrogen-bond donors (Lipinski definition) is 3. The van der Waals surface area contributed by atoms with Crippen molar-refractivity contribution >= 4 is 5.91 Å². The molecule has 0 fully saturated rings. The second-order valence-electron chi connectivity index (χ2n) is 5.01. The molecule has 17 heavy (non-hydrogen) atoms. The smallest absolute Gasteiger partial charge is 0.290 e. The number of hydrogen-bond acceptors (Lipinski definition) is 4. The molecule has 1 amide bonds. The van der Waals surface area contributed by atoms with Crippen LogP contribution in [-0.2, 0) is 5.41 Å². The Kier molecular flexibility index (Phi) is 4.62. The van der Waals surface area contributed by atoms with Crippen LogP contribution >= 0.6 is 0 Å². The van der Waals surface area contributed by atoms with Crippen molar-refractivity contribution in [1.82, 2.24) is 20.5 Å². The van der Waals surface area contributed by atoms with Crippen molar-refractivity contribution in [2.45, 2.75) is 39.0 Å². The highest BCUT2D eigenvalue weighted by atomic mass is 16.2. The van der Waals surface area contributed by atoms with E-state index in [2.05, 4.69) is 20.5 Å². The predicted octanol–water partition coefficient (Wildman–Crippen LogP) is 0.571. The van der Waals surface area contributed by atoms with Gasteiger partial charge in [-0.05, 0) is 19.4 Å². The Morgan fingerprint density at radius 3 is 2.65 bits per heavy atom. The zero-order valence-electron chi connectivity index (χ0n) is 10.7. The molecule has 0 aromatic carbocycles. The Hall–Kier alpha value is -1.43. The van der Waals surface area contributed by atoms with Crippen LogP contribution < -0.4 is 11.1 Å². The average molecular weight is 239 g/mol. The van der Waals surface area contributed by atoms with Crippen molar-refractivity contribution < 1.29 is 4.79 Å². The maximum absolute atomic E-state index is 11.7. The molecule has 0 radical (unpaired) electrons. The fraction of sp³-hybridized carbons (Fsp3) is 0.727. The van der Waals surface area contributed by atoms with E-state index in [-0.39, 0.29) is 17.1 Å². The zero-order valence-corrected chi connectivity index (χ0v) is 10.7. The van der Waals surface area contributed by atoms with Crippen molar-refractivity contribution in [2.75, 3.05) is 13.1 Å². The zero-order chi connectivity index (χ0) is 12.9. The maximum atomic E-state index is 11.7. The lowest BCUT2D eigenvalue weighted by atomic mass is 9.96. The highest BCUT2D eigenvalue weighted by molar-refractivity contribution is 5.90. The largest absolute Gasteiger partial charge is 0.349 e. The number of H-pyrrole nitrogens is 1. The van der Waals surface area contributed by atoms with Crippen molar-refractivity contribution in [2.24, 2.45) is 5.73 Å². The monoisotopic (exact) mass is 239 g/mol. The standard InChI is InChI=1S/C11H21N5O/c1-11(2,3)10-14-8(15-16-10)9(17)13-7-5-4-6-12/h4-7,12H2,1-3H3,(H,13,17)(H,14,15,16). The molecule has 1 aromatic rings. The van der Waals surface area contributed by atoms with E-state index < -0.39 is 0 Å². The summed E-state index contributed by atoms with van der Waals surface area (Å²) in [7, 11) is 0. The second-order valence-corrected chi connectivity index (χ2v) is 5.01. The third-order valence-corrected chi connectivity index (χ3v) is 2.32. The lowest BCUT2D eigenvalue weighted by Crippen LogP contribution is -2.26. The van der Waals surface area contributed by atoms with Crippen LogP contribution in [0.3, 0.4) is 0 Å². The number of amides is 1. The van der Waals surface area contributed by atoms with Gasteiger partial charge in [0.15, 0.2) is 0 Å². The van der Waals surface area contributed by atoms with Crippen LogP contribution in [0.15, 0.2) is 0 Å². The molecule has 0 spiro atoms. The summed E-state index contributed by atoms with van der Waals surface area (Å²) >= 11 is 0. The molecule has 0 bridgehead atoms. The molecule has 6 heteroatoms. The van der Waals surface area contributed by atoms with Gasteiger partial charge in [-0.3, -0.25) is 9.89 Å². The molecular weight excluding hydrogens is 218 g/mol. The summed E-state index contributed by atoms with van der Waals surface area (Å²) in [5, 5.41) is 9.45. The Morgan fingerprint density at radius 1 is 1.41 bits per heavy atom. The van der Waals surface area contributed by atoms with E-state index in [4.69, 9.17) is 5.73 Å². The second kappa shape index (κ2) is 5.77. The number of nitrogens with zero attached hydrogens (tertiary/aromatic N) is 2. The summed E-state index contributed by atoms with van der Waals surface area (Å²) in [6.07, 6.45) is 1.78. The average Bonchev–Trinajstić information content (AvgIpc) is 2.72. The summed E-state index contributed by atoms with van der Waals surface area (Å²) in [5.41, 5.74) is 5.23. The molecule has 0 saturated heterocycles. The van der Waals surface area contributed by atoms with E-state index in [9.17, 15) is 4.79 Å². The third kappa shape index (κ3) is 4.14. The van der Waals surface area contributed by atoms with E-state index in [0.717, 1.165) is 12.8 Å². The van der Waals surface area contributed by atoms with Gasteiger partial charge in [0.1, 0.15) is 5.82 Å². The van der Waals surface area contributed by atoms with E-state index in [1.165, 1.54) is 0 Å². The molecule has 4 N–H and O–H groups in total. The number of unbranched alkanes of at least 4 members (excludes halogenated alkanes) is 1. The van der Waals surface area contributed by atoms with Crippen LogP contribution in [0.5, 0.6) is 0 Å². The number of carbonyl (C=O) groups excluding carboxylic acids is 1. The van der Waals surface area contributed by atoms with Gasteiger partial charge in [0, 0.05) is 12.0 Å². The summed E-state index contributed by atoms with van der Waals surface area (Å²) in [6, 6.07) is 0. The van der Waals surface area contributed by atoms with Crippen LogP contribution in [0.4, 0.5) is 0 Å². The quantitative estimate of drug-likeness (QED) is 0.654. The van der Waals surface area contributed by atoms with Crippen molar-refractivity contribution in [3.05, 3.63) is 11.6 Å². The number of aromatic nitrogens is 3. The third-order valence-electron chi connectivity index (χ3n) is 2.32. The van der Waals surface area contributed by atoms with Gasteiger partial charge in [0.2, 0.25) is 5.82 Å². The molecule has 0 aliphatic carbocycles. The van der Waals surface area contributed by atoms with Gasteiger partial charge in [0.05, 0.1) is 0 Å². The number of rotatable bonds is 5. The molecule has 1 heterocycles. The topological polar surface area (TPSA) is 96.7 Å². The summed E-state index contributed by atoms with van der Waals surface area (Å²) in [4.78, 5) is 15.8. The van der Waals surface area contributed by atoms with Crippen molar-refractivity contribution in [3.63, 3.8) is 0 Å². The Morgan fingerprint density at radius 2 is 2.12 bits per heavy atom. The Labute approximate surface area is 101 Å². The van der Waals surface area contributed by atoms with Gasteiger partial charge in [-0.2, -0.15) is 0 Å². The van der Waals surface area contributed by atoms with Crippen molar-refractivity contribution in [3.8, 4) is 0 Å². The first-order chi connectivity index (χ1) is 7.95. The first-order valence-corrected chi connectivity index (χ1v) is 5.86. The highest BCUT2D eigenvalue weighted by Gasteiger charge is 2.20. The first kappa shape index (κ1) is 13.6. The lowest BCUT2D eigenvalue weighted by molar-refractivity contribution is 0.0943. The number of nitrogens with two attached hydrogens (primary N) is 1. The molecule has 0 aliphatic rings. The summed E-state index contributed by atoms with van der Waals surface area (Å²) in [5.74, 6) is 0.668. The van der Waals surface area contributed by atoms with Gasteiger partial charge < -0.3 is 11.1 Å². The molecule has 96 valence electrons. The fourth-order valence-electron chi connectivity index (χ4n) is 1.25. The minimum atomic E-state index is -0.242. The predicted molar refractivity (Wildman–Crippen MR) is 65.7 cm³/mol. The Balaban J connectivity index is 2.50. The van der Waals surface area contributed by atoms with Gasteiger partial charge >= 0.3 is 0 Å². The molecule has 6 nitrogen and oxygen atoms in total. The number of nitrogens with one attached hydrogen (secondary N) is 2. The molecule has 0 aliphatic heterocycles. The van der Waals surface area contributed by atoms with Crippen LogP contribution in [0.2, 0.25) is 0 Å². The fourth-order valence-corrected chi connectivity index (χ4v) is 1.25. The molecule has 1 rings (SSSR count). The van der Waals surface area contributed by atoms with Gasteiger partial charge in [-0.1, -0.05) is 20.8 Å². The lowest BCUT2D eigenvalue weighted by Gasteiger charge is -2.12. The van der Waals surface area contributed by atoms with Crippen molar-refractivity contribution in [1.29, 1.82) is 0 Å². The first-order valence-electron chi connectivity index (χ1n) is 5.86. The van der Waals surface area contributed by atoms with Gasteiger partial charge in [-0.15, -0.1) is 5.10 Å². The summed E-state index contributed by atoms with van der Waals surface area (Å²) < 4.78 is 0. The molecular formula is C11H21N5O. The molecule has 0 saturated carbocycles. The van der Waals surface area contributed by atoms with E-state index >= 15 is 0 Å². The van der Waals surface area contributed by atoms with E-state index in [1.54, 1.807) is 0 Å². The molecule has 0 unspecified atom stereocenters. The van der Waals surface area contributed by atoms with Crippen LogP contribution in [-0.4, -0.2) is 34.2 Å². The van der Waals surface area contributed by atoms with E-state index in [0.29, 0.717) is 18.9 Å². The normalized spacial score (nSPS) is 11.5. The minimum Gasteiger partial charge on any atom is -0.349 e. The Bertz CT molecular complexity index is 366. The molecule has 1 aromatic heterocycles. The van der Waals surface area contributed by atoms with Crippen LogP contribution in [0.1, 0.15) is 50.1 Å². The van der Waals surface area contributed by atoms with Gasteiger partial charge in [0.25, 0.3) is 5.91 Å². The van der Waals surface area contributed by atoms with Gasteiger partial charge in [-0.25, -0.2) is 4.98 Å². The molecule has 0 atom stereocenters. The summed E-state index contributed by atoms with van der Waals surface area (Å²) in [6.45, 7) is 7.28. The van der Waals surface area contributed by atoms with Crippen LogP contribution in [0.25, 0.3) is 0 Å². The highest BCUT2D eigenvalue weighted by Crippen LogP contribution is 2.17.